The van der Waals surface area contributed by atoms with Crippen molar-refractivity contribution in [1.82, 2.24) is 0 Å². The van der Waals surface area contributed by atoms with Crippen LogP contribution in [0.5, 0.6) is 0 Å². The number of hydrogen-bond acceptors (Lipinski definition) is 4. The van der Waals surface area contributed by atoms with Gasteiger partial charge in [-0.1, -0.05) is 85.0 Å². The van der Waals surface area contributed by atoms with Crippen molar-refractivity contribution < 1.29 is 19.1 Å². The van der Waals surface area contributed by atoms with E-state index in [0.29, 0.717) is 19.1 Å². The summed E-state index contributed by atoms with van der Waals surface area (Å²) in [5.41, 5.74) is 0. The van der Waals surface area contributed by atoms with Crippen molar-refractivity contribution >= 4 is 11.9 Å². The Hall–Kier alpha value is -1.06. The number of carbonyl (C=O) groups is 2. The Balaban J connectivity index is 2.25. The van der Waals surface area contributed by atoms with E-state index in [1.54, 1.807) is 0 Å². The van der Waals surface area contributed by atoms with Crippen LogP contribution in [0, 0.1) is 17.8 Å². The molecule has 27 heavy (non-hydrogen) atoms. The van der Waals surface area contributed by atoms with Crippen LogP contribution in [0.25, 0.3) is 0 Å². The highest BCUT2D eigenvalue weighted by molar-refractivity contribution is 5.82. The quantitative estimate of drug-likeness (QED) is 0.270. The van der Waals surface area contributed by atoms with E-state index in [1.165, 1.54) is 38.5 Å². The molecule has 4 heteroatoms. The fraction of sp³-hybridized carbons (Fsp3) is 0.913. The molecule has 0 saturated heterocycles. The van der Waals surface area contributed by atoms with Crippen molar-refractivity contribution in [3.63, 3.8) is 0 Å². The largest absolute Gasteiger partial charge is 0.465 e. The molecule has 1 aliphatic carbocycles. The van der Waals surface area contributed by atoms with E-state index in [9.17, 15) is 9.59 Å². The molecule has 0 aromatic heterocycles. The predicted molar refractivity (Wildman–Crippen MR) is 109 cm³/mol. The summed E-state index contributed by atoms with van der Waals surface area (Å²) < 4.78 is 11.0. The van der Waals surface area contributed by atoms with Crippen molar-refractivity contribution in [2.45, 2.75) is 104 Å². The van der Waals surface area contributed by atoms with Gasteiger partial charge in [-0.3, -0.25) is 9.59 Å². The Morgan fingerprint density at radius 3 is 1.89 bits per heavy atom. The number of rotatable bonds is 14. The molecule has 4 nitrogen and oxygen atoms in total. The molecule has 1 rings (SSSR count). The van der Waals surface area contributed by atoms with Gasteiger partial charge in [-0.25, -0.2) is 0 Å². The van der Waals surface area contributed by atoms with Crippen molar-refractivity contribution in [1.29, 1.82) is 0 Å². The zero-order chi connectivity index (χ0) is 19.9. The average Bonchev–Trinajstić information content (AvgIpc) is 2.70. The van der Waals surface area contributed by atoms with Gasteiger partial charge in [0.15, 0.2) is 0 Å². The van der Waals surface area contributed by atoms with Crippen LogP contribution in [-0.2, 0) is 19.1 Å². The molecule has 0 aliphatic heterocycles. The Morgan fingerprint density at radius 2 is 1.33 bits per heavy atom. The summed E-state index contributed by atoms with van der Waals surface area (Å²) in [4.78, 5) is 24.9. The smallest absolute Gasteiger partial charge is 0.309 e. The molecule has 0 N–H and O–H groups in total. The number of carbonyl (C=O) groups excluding carboxylic acids is 2. The lowest BCUT2D eigenvalue weighted by atomic mass is 9.79. The Labute approximate surface area is 166 Å². The minimum atomic E-state index is -0.311. The first-order valence-electron chi connectivity index (χ1n) is 11.4. The van der Waals surface area contributed by atoms with E-state index in [-0.39, 0.29) is 23.8 Å². The topological polar surface area (TPSA) is 52.6 Å². The molecule has 0 radical (unpaired) electrons. The van der Waals surface area contributed by atoms with E-state index in [2.05, 4.69) is 20.8 Å². The van der Waals surface area contributed by atoms with E-state index < -0.39 is 0 Å². The zero-order valence-corrected chi connectivity index (χ0v) is 18.0. The van der Waals surface area contributed by atoms with E-state index >= 15 is 0 Å². The Kier molecular flexibility index (Phi) is 13.3. The highest BCUT2D eigenvalue weighted by Gasteiger charge is 2.37. The molecule has 0 spiro atoms. The highest BCUT2D eigenvalue weighted by atomic mass is 16.5. The fourth-order valence-electron chi connectivity index (χ4n) is 3.66. The molecular formula is C23H42O4. The molecule has 158 valence electrons. The van der Waals surface area contributed by atoms with Gasteiger partial charge in [-0.2, -0.15) is 0 Å². The van der Waals surface area contributed by atoms with Crippen molar-refractivity contribution in [2.75, 3.05) is 13.2 Å². The van der Waals surface area contributed by atoms with Crippen LogP contribution in [0.15, 0.2) is 0 Å². The van der Waals surface area contributed by atoms with E-state index in [4.69, 9.17) is 9.47 Å². The molecule has 0 aromatic carbocycles. The lowest BCUT2D eigenvalue weighted by Gasteiger charge is -2.28. The summed E-state index contributed by atoms with van der Waals surface area (Å²) in [6, 6.07) is 0. The van der Waals surface area contributed by atoms with Crippen LogP contribution in [0.1, 0.15) is 104 Å². The van der Waals surface area contributed by atoms with Gasteiger partial charge in [0.25, 0.3) is 0 Å². The second-order valence-electron chi connectivity index (χ2n) is 8.28. The van der Waals surface area contributed by atoms with Crippen LogP contribution >= 0.6 is 0 Å². The summed E-state index contributed by atoms with van der Waals surface area (Å²) in [5, 5.41) is 0. The van der Waals surface area contributed by atoms with Crippen LogP contribution in [0.3, 0.4) is 0 Å². The maximum atomic E-state index is 12.5. The molecule has 1 saturated carbocycles. The highest BCUT2D eigenvalue weighted by Crippen LogP contribution is 2.32. The number of esters is 2. The van der Waals surface area contributed by atoms with Crippen LogP contribution in [0.2, 0.25) is 0 Å². The number of unbranched alkanes of at least 4 members (excludes halogenated alkanes) is 7. The van der Waals surface area contributed by atoms with Gasteiger partial charge in [0.05, 0.1) is 25.0 Å². The fourth-order valence-corrected chi connectivity index (χ4v) is 3.66. The SMILES string of the molecule is CCCCCCCCCCOC(=O)C1CCCCC1C(=O)OCC(C)CC. The molecule has 0 amide bonds. The molecule has 0 heterocycles. The minimum Gasteiger partial charge on any atom is -0.465 e. The Morgan fingerprint density at radius 1 is 0.815 bits per heavy atom. The molecule has 1 fully saturated rings. The van der Waals surface area contributed by atoms with Gasteiger partial charge < -0.3 is 9.47 Å². The number of ether oxygens (including phenoxy) is 2. The maximum Gasteiger partial charge on any atom is 0.309 e. The number of hydrogen-bond donors (Lipinski definition) is 0. The van der Waals surface area contributed by atoms with Gasteiger partial charge in [-0.15, -0.1) is 0 Å². The summed E-state index contributed by atoms with van der Waals surface area (Å²) >= 11 is 0. The van der Waals surface area contributed by atoms with Gasteiger partial charge >= 0.3 is 11.9 Å². The van der Waals surface area contributed by atoms with Crippen LogP contribution in [-0.4, -0.2) is 25.2 Å². The lowest BCUT2D eigenvalue weighted by Crippen LogP contribution is -2.35. The summed E-state index contributed by atoms with van der Waals surface area (Å²) in [7, 11) is 0. The first-order valence-corrected chi connectivity index (χ1v) is 11.4. The monoisotopic (exact) mass is 382 g/mol. The zero-order valence-electron chi connectivity index (χ0n) is 18.0. The molecule has 1 aliphatic rings. The van der Waals surface area contributed by atoms with Crippen molar-refractivity contribution in [3.8, 4) is 0 Å². The van der Waals surface area contributed by atoms with Gasteiger partial charge in [0, 0.05) is 0 Å². The molecule has 0 aromatic rings. The molecular weight excluding hydrogens is 340 g/mol. The minimum absolute atomic E-state index is 0.192. The van der Waals surface area contributed by atoms with E-state index in [0.717, 1.165) is 44.9 Å². The summed E-state index contributed by atoms with van der Waals surface area (Å²) in [6.07, 6.45) is 14.3. The summed E-state index contributed by atoms with van der Waals surface area (Å²) in [6.45, 7) is 7.33. The second-order valence-corrected chi connectivity index (χ2v) is 8.28. The lowest BCUT2D eigenvalue weighted by molar-refractivity contribution is -0.163. The van der Waals surface area contributed by atoms with Gasteiger partial charge in [0.2, 0.25) is 0 Å². The third kappa shape index (κ3) is 10.2. The second kappa shape index (κ2) is 14.9. The third-order valence-electron chi connectivity index (χ3n) is 5.82. The molecule has 0 bridgehead atoms. The van der Waals surface area contributed by atoms with Gasteiger partial charge in [0.1, 0.15) is 0 Å². The molecule has 3 unspecified atom stereocenters. The van der Waals surface area contributed by atoms with Crippen molar-refractivity contribution in [3.05, 3.63) is 0 Å². The maximum absolute atomic E-state index is 12.5. The van der Waals surface area contributed by atoms with Crippen molar-refractivity contribution in [2.24, 2.45) is 17.8 Å². The first-order chi connectivity index (χ1) is 13.1. The van der Waals surface area contributed by atoms with Gasteiger partial charge in [-0.05, 0) is 25.2 Å². The first kappa shape index (κ1) is 24.0. The standard InChI is InChI=1S/C23H42O4/c1-4-6-7-8-9-10-11-14-17-26-22(24)20-15-12-13-16-21(20)23(25)27-18-19(3)5-2/h19-21H,4-18H2,1-3H3. The normalized spacial score (nSPS) is 20.9. The molecule has 3 atom stereocenters. The van der Waals surface area contributed by atoms with Crippen LogP contribution < -0.4 is 0 Å². The van der Waals surface area contributed by atoms with Crippen LogP contribution in [0.4, 0.5) is 0 Å². The third-order valence-corrected chi connectivity index (χ3v) is 5.82. The van der Waals surface area contributed by atoms with E-state index in [1.807, 2.05) is 0 Å². The average molecular weight is 383 g/mol. The Bertz CT molecular complexity index is 407. The summed E-state index contributed by atoms with van der Waals surface area (Å²) in [5.74, 6) is -0.650. The predicted octanol–water partition coefficient (Wildman–Crippen LogP) is 6.07.